The molecular weight excluding hydrogens is 300 g/mol. The molecule has 112 valence electrons. The van der Waals surface area contributed by atoms with Gasteiger partial charge in [-0.15, -0.1) is 0 Å². The van der Waals surface area contributed by atoms with Crippen LogP contribution in [0, 0.1) is 0 Å². The first-order chi connectivity index (χ1) is 10.0. The van der Waals surface area contributed by atoms with Crippen LogP contribution in [0.4, 0.5) is 8.78 Å². The minimum Gasteiger partial charge on any atom is -0.497 e. The summed E-state index contributed by atoms with van der Waals surface area (Å²) in [6.45, 7) is -2.85. The quantitative estimate of drug-likeness (QED) is 0.907. The topological polar surface area (TPSA) is 44.5 Å². The third kappa shape index (κ3) is 3.83. The van der Waals surface area contributed by atoms with Crippen molar-refractivity contribution in [3.05, 3.63) is 58.6 Å². The maximum atomic E-state index is 12.1. The molecule has 0 aliphatic heterocycles. The van der Waals surface area contributed by atoms with Crippen LogP contribution in [0.25, 0.3) is 0 Å². The van der Waals surface area contributed by atoms with Crippen LogP contribution in [0.1, 0.15) is 17.2 Å². The van der Waals surface area contributed by atoms with E-state index in [9.17, 15) is 8.78 Å². The van der Waals surface area contributed by atoms with Crippen LogP contribution in [-0.4, -0.2) is 13.7 Å². The number of halogens is 3. The Morgan fingerprint density at radius 1 is 1.05 bits per heavy atom. The highest BCUT2D eigenvalue weighted by Crippen LogP contribution is 2.30. The third-order valence-electron chi connectivity index (χ3n) is 3.01. The second-order valence-corrected chi connectivity index (χ2v) is 4.72. The van der Waals surface area contributed by atoms with Crippen LogP contribution >= 0.6 is 11.6 Å². The van der Waals surface area contributed by atoms with Crippen LogP contribution in [0.3, 0.4) is 0 Å². The molecule has 21 heavy (non-hydrogen) atoms. The van der Waals surface area contributed by atoms with Gasteiger partial charge in [-0.2, -0.15) is 8.78 Å². The molecule has 0 saturated carbocycles. The standard InChI is InChI=1S/C15H14ClF2NO2/c1-20-11-6-7-12(13(16)8-11)14(19)9-2-4-10(5-3-9)21-15(17)18/h2-8,14-15H,19H2,1H3. The van der Waals surface area contributed by atoms with E-state index in [-0.39, 0.29) is 5.75 Å². The van der Waals surface area contributed by atoms with Gasteiger partial charge in [0.15, 0.2) is 0 Å². The van der Waals surface area contributed by atoms with E-state index in [2.05, 4.69) is 4.74 Å². The predicted octanol–water partition coefficient (Wildman–Crippen LogP) is 4.00. The summed E-state index contributed by atoms with van der Waals surface area (Å²) in [7, 11) is 1.55. The minimum absolute atomic E-state index is 0.0850. The molecule has 1 atom stereocenters. The fraction of sp³-hybridized carbons (Fsp3) is 0.200. The summed E-state index contributed by atoms with van der Waals surface area (Å²) in [6.07, 6.45) is 0. The molecule has 0 aromatic heterocycles. The molecule has 0 amide bonds. The van der Waals surface area contributed by atoms with E-state index in [1.54, 1.807) is 37.4 Å². The summed E-state index contributed by atoms with van der Waals surface area (Å²) in [6, 6.07) is 10.9. The lowest BCUT2D eigenvalue weighted by atomic mass is 9.99. The second kappa shape index (κ2) is 6.74. The number of ether oxygens (including phenoxy) is 2. The summed E-state index contributed by atoms with van der Waals surface area (Å²) in [5.74, 6) is 0.721. The SMILES string of the molecule is COc1ccc(C(N)c2ccc(OC(F)F)cc2)c(Cl)c1. The summed E-state index contributed by atoms with van der Waals surface area (Å²) in [5.41, 5.74) is 7.61. The average Bonchev–Trinajstić information content (AvgIpc) is 2.46. The van der Waals surface area contributed by atoms with E-state index in [1.165, 1.54) is 12.1 Å². The highest BCUT2D eigenvalue weighted by molar-refractivity contribution is 6.31. The predicted molar refractivity (Wildman–Crippen MR) is 77.1 cm³/mol. The Balaban J connectivity index is 2.21. The first-order valence-corrected chi connectivity index (χ1v) is 6.53. The molecule has 1 unspecified atom stereocenters. The molecule has 2 N–H and O–H groups in total. The Bertz CT molecular complexity index is 605. The van der Waals surface area contributed by atoms with Crippen LogP contribution in [-0.2, 0) is 0 Å². The van der Waals surface area contributed by atoms with Gasteiger partial charge in [-0.1, -0.05) is 29.8 Å². The second-order valence-electron chi connectivity index (χ2n) is 4.31. The zero-order valence-corrected chi connectivity index (χ0v) is 12.0. The van der Waals surface area contributed by atoms with Gasteiger partial charge in [0.25, 0.3) is 0 Å². The monoisotopic (exact) mass is 313 g/mol. The Hall–Kier alpha value is -1.85. The zero-order chi connectivity index (χ0) is 15.4. The fourth-order valence-corrected chi connectivity index (χ4v) is 2.21. The van der Waals surface area contributed by atoms with Crippen LogP contribution in [0.15, 0.2) is 42.5 Å². The summed E-state index contributed by atoms with van der Waals surface area (Å²) >= 11 is 6.17. The van der Waals surface area contributed by atoms with Gasteiger partial charge >= 0.3 is 6.61 Å². The molecule has 0 bridgehead atoms. The normalized spacial score (nSPS) is 12.3. The lowest BCUT2D eigenvalue weighted by Crippen LogP contribution is -2.12. The number of benzene rings is 2. The van der Waals surface area contributed by atoms with Crippen molar-refractivity contribution in [3.63, 3.8) is 0 Å². The molecule has 0 aliphatic carbocycles. The number of rotatable bonds is 5. The third-order valence-corrected chi connectivity index (χ3v) is 3.33. The molecule has 0 fully saturated rings. The Morgan fingerprint density at radius 2 is 1.67 bits per heavy atom. The van der Waals surface area contributed by atoms with E-state index in [1.807, 2.05) is 0 Å². The Morgan fingerprint density at radius 3 is 2.19 bits per heavy atom. The van der Waals surface area contributed by atoms with Gasteiger partial charge in [-0.3, -0.25) is 0 Å². The lowest BCUT2D eigenvalue weighted by Gasteiger charge is -2.15. The number of nitrogens with two attached hydrogens (primary N) is 1. The van der Waals surface area contributed by atoms with Crippen molar-refractivity contribution in [3.8, 4) is 11.5 Å². The fourth-order valence-electron chi connectivity index (χ4n) is 1.92. The van der Waals surface area contributed by atoms with Crippen molar-refractivity contribution in [2.45, 2.75) is 12.7 Å². The van der Waals surface area contributed by atoms with Crippen molar-refractivity contribution in [1.82, 2.24) is 0 Å². The molecule has 2 rings (SSSR count). The lowest BCUT2D eigenvalue weighted by molar-refractivity contribution is -0.0498. The van der Waals surface area contributed by atoms with Crippen molar-refractivity contribution < 1.29 is 18.3 Å². The van der Waals surface area contributed by atoms with Crippen molar-refractivity contribution in [2.75, 3.05) is 7.11 Å². The molecule has 2 aromatic carbocycles. The number of methoxy groups -OCH3 is 1. The highest BCUT2D eigenvalue weighted by Gasteiger charge is 2.14. The smallest absolute Gasteiger partial charge is 0.387 e. The highest BCUT2D eigenvalue weighted by atomic mass is 35.5. The molecule has 2 aromatic rings. The van der Waals surface area contributed by atoms with Gasteiger partial charge in [0.2, 0.25) is 0 Å². The van der Waals surface area contributed by atoms with Gasteiger partial charge in [0.1, 0.15) is 11.5 Å². The average molecular weight is 314 g/mol. The molecule has 0 radical (unpaired) electrons. The van der Waals surface area contributed by atoms with Crippen molar-refractivity contribution in [1.29, 1.82) is 0 Å². The molecular formula is C15H14ClF2NO2. The Labute approximate surface area is 126 Å². The van der Waals surface area contributed by atoms with E-state index < -0.39 is 12.7 Å². The number of hydrogen-bond donors (Lipinski definition) is 1. The van der Waals surface area contributed by atoms with E-state index >= 15 is 0 Å². The van der Waals surface area contributed by atoms with Gasteiger partial charge in [0, 0.05) is 5.02 Å². The maximum Gasteiger partial charge on any atom is 0.387 e. The molecule has 0 aliphatic rings. The molecule has 0 heterocycles. The van der Waals surface area contributed by atoms with Gasteiger partial charge in [-0.05, 0) is 35.4 Å². The minimum atomic E-state index is -2.85. The zero-order valence-electron chi connectivity index (χ0n) is 11.2. The van der Waals surface area contributed by atoms with Crippen LogP contribution in [0.2, 0.25) is 5.02 Å². The summed E-state index contributed by atoms with van der Waals surface area (Å²) < 4.78 is 33.6. The van der Waals surface area contributed by atoms with E-state index in [0.717, 1.165) is 11.1 Å². The largest absolute Gasteiger partial charge is 0.497 e. The number of hydrogen-bond acceptors (Lipinski definition) is 3. The van der Waals surface area contributed by atoms with E-state index in [4.69, 9.17) is 22.1 Å². The molecule has 0 spiro atoms. The maximum absolute atomic E-state index is 12.1. The van der Waals surface area contributed by atoms with Crippen LogP contribution < -0.4 is 15.2 Å². The summed E-state index contributed by atoms with van der Waals surface area (Å²) in [4.78, 5) is 0. The first-order valence-electron chi connectivity index (χ1n) is 6.15. The first kappa shape index (κ1) is 15.5. The van der Waals surface area contributed by atoms with Gasteiger partial charge in [-0.25, -0.2) is 0 Å². The van der Waals surface area contributed by atoms with E-state index in [0.29, 0.717) is 10.8 Å². The molecule has 0 saturated heterocycles. The van der Waals surface area contributed by atoms with Gasteiger partial charge in [0.05, 0.1) is 13.2 Å². The van der Waals surface area contributed by atoms with Crippen LogP contribution in [0.5, 0.6) is 11.5 Å². The summed E-state index contributed by atoms with van der Waals surface area (Å²) in [5, 5.41) is 0.481. The Kier molecular flexibility index (Phi) is 4.98. The van der Waals surface area contributed by atoms with Crippen molar-refractivity contribution in [2.24, 2.45) is 5.73 Å². The number of alkyl halides is 2. The van der Waals surface area contributed by atoms with Crippen molar-refractivity contribution >= 4 is 11.6 Å². The molecule has 6 heteroatoms. The molecule has 3 nitrogen and oxygen atoms in total. The van der Waals surface area contributed by atoms with Gasteiger partial charge < -0.3 is 15.2 Å².